The first-order valence-electron chi connectivity index (χ1n) is 6.46. The second-order valence-electron chi connectivity index (χ2n) is 4.41. The van der Waals surface area contributed by atoms with Crippen molar-refractivity contribution in [2.24, 2.45) is 0 Å². The third-order valence-corrected chi connectivity index (χ3v) is 3.01. The molecule has 0 unspecified atom stereocenters. The van der Waals surface area contributed by atoms with Gasteiger partial charge in [-0.3, -0.25) is 4.79 Å². The summed E-state index contributed by atoms with van der Waals surface area (Å²) in [4.78, 5) is 11.1. The monoisotopic (exact) mass is 242 g/mol. The average Bonchev–Trinajstić information content (AvgIpc) is 2.42. The lowest BCUT2D eigenvalue weighted by molar-refractivity contribution is 0.111. The number of hydrogen-bond donors (Lipinski definition) is 0. The van der Waals surface area contributed by atoms with Gasteiger partial charge in [0.2, 0.25) is 0 Å². The van der Waals surface area contributed by atoms with Crippen molar-refractivity contribution in [1.82, 2.24) is 0 Å². The first-order valence-corrected chi connectivity index (χ1v) is 6.46. The Morgan fingerprint density at radius 3 is 2.50 bits per heavy atom. The van der Waals surface area contributed by atoms with E-state index in [-0.39, 0.29) is 0 Å². The molecule has 2 aromatic rings. The maximum Gasteiger partial charge on any atom is 0.153 e. The molecular weight excluding hydrogens is 224 g/mol. The summed E-state index contributed by atoms with van der Waals surface area (Å²) in [7, 11) is 0. The van der Waals surface area contributed by atoms with Crippen LogP contribution in [0.4, 0.5) is 0 Å². The predicted molar refractivity (Wildman–Crippen MR) is 74.4 cm³/mol. The van der Waals surface area contributed by atoms with Crippen LogP contribution in [0.25, 0.3) is 10.8 Å². The van der Waals surface area contributed by atoms with Gasteiger partial charge >= 0.3 is 0 Å². The molecule has 0 aliphatic heterocycles. The smallest absolute Gasteiger partial charge is 0.153 e. The maximum atomic E-state index is 11.1. The quantitative estimate of drug-likeness (QED) is 0.560. The molecule has 18 heavy (non-hydrogen) atoms. The Morgan fingerprint density at radius 1 is 1.11 bits per heavy atom. The van der Waals surface area contributed by atoms with Gasteiger partial charge in [0, 0.05) is 0 Å². The molecule has 0 radical (unpaired) electrons. The first-order chi connectivity index (χ1) is 8.85. The highest BCUT2D eigenvalue weighted by Crippen LogP contribution is 2.25. The lowest BCUT2D eigenvalue weighted by Gasteiger charge is -2.09. The normalized spacial score (nSPS) is 10.5. The van der Waals surface area contributed by atoms with Crippen LogP contribution in [0.3, 0.4) is 0 Å². The fourth-order valence-corrected chi connectivity index (χ4v) is 1.99. The van der Waals surface area contributed by atoms with Gasteiger partial charge < -0.3 is 4.74 Å². The van der Waals surface area contributed by atoms with Gasteiger partial charge in [-0.2, -0.15) is 0 Å². The number of rotatable bonds is 6. The van der Waals surface area contributed by atoms with Crippen LogP contribution in [0.5, 0.6) is 5.75 Å². The van der Waals surface area contributed by atoms with Crippen molar-refractivity contribution in [3.63, 3.8) is 0 Å². The number of fused-ring (bicyclic) bond motifs is 1. The van der Waals surface area contributed by atoms with E-state index in [0.717, 1.165) is 29.9 Å². The fourth-order valence-electron chi connectivity index (χ4n) is 1.99. The Labute approximate surface area is 108 Å². The molecule has 0 saturated heterocycles. The van der Waals surface area contributed by atoms with Gasteiger partial charge in [0.05, 0.1) is 12.2 Å². The highest BCUT2D eigenvalue weighted by atomic mass is 16.5. The van der Waals surface area contributed by atoms with Crippen molar-refractivity contribution in [3.8, 4) is 5.75 Å². The van der Waals surface area contributed by atoms with E-state index in [1.54, 1.807) is 0 Å². The number of hydrogen-bond acceptors (Lipinski definition) is 2. The van der Waals surface area contributed by atoms with E-state index in [2.05, 4.69) is 6.92 Å². The van der Waals surface area contributed by atoms with Crippen molar-refractivity contribution in [1.29, 1.82) is 0 Å². The van der Waals surface area contributed by atoms with Crippen LogP contribution in [-0.2, 0) is 0 Å². The summed E-state index contributed by atoms with van der Waals surface area (Å²) in [5, 5.41) is 2.18. The summed E-state index contributed by atoms with van der Waals surface area (Å²) in [6.45, 7) is 2.83. The SMILES string of the molecule is CCCCCOc1cc2ccccc2cc1C=O. The molecular formula is C16H18O2. The molecule has 2 aromatic carbocycles. The molecule has 2 nitrogen and oxygen atoms in total. The third-order valence-electron chi connectivity index (χ3n) is 3.01. The summed E-state index contributed by atoms with van der Waals surface area (Å²) in [5.74, 6) is 0.694. The van der Waals surface area contributed by atoms with Crippen LogP contribution < -0.4 is 4.74 Å². The highest BCUT2D eigenvalue weighted by molar-refractivity contribution is 5.92. The molecule has 0 fully saturated rings. The molecule has 0 spiro atoms. The van der Waals surface area contributed by atoms with Crippen molar-refractivity contribution < 1.29 is 9.53 Å². The molecule has 2 rings (SSSR count). The van der Waals surface area contributed by atoms with Crippen molar-refractivity contribution in [3.05, 3.63) is 42.0 Å². The third kappa shape index (κ3) is 2.89. The molecule has 0 atom stereocenters. The van der Waals surface area contributed by atoms with Gasteiger partial charge in [-0.05, 0) is 29.3 Å². The number of ether oxygens (including phenoxy) is 1. The van der Waals surface area contributed by atoms with Crippen molar-refractivity contribution >= 4 is 17.1 Å². The summed E-state index contributed by atoms with van der Waals surface area (Å²) in [6, 6.07) is 11.8. The van der Waals surface area contributed by atoms with Gasteiger partial charge in [0.1, 0.15) is 5.75 Å². The second kappa shape index (κ2) is 6.20. The Morgan fingerprint density at radius 2 is 1.83 bits per heavy atom. The Balaban J connectivity index is 2.22. The van der Waals surface area contributed by atoms with Gasteiger partial charge in [-0.25, -0.2) is 0 Å². The molecule has 0 bridgehead atoms. The zero-order chi connectivity index (χ0) is 12.8. The molecule has 94 valence electrons. The Bertz CT molecular complexity index is 532. The van der Waals surface area contributed by atoms with E-state index < -0.39 is 0 Å². The molecule has 0 N–H and O–H groups in total. The summed E-state index contributed by atoms with van der Waals surface area (Å²) in [5.41, 5.74) is 0.630. The van der Waals surface area contributed by atoms with Crippen LogP contribution in [0.1, 0.15) is 36.5 Å². The van der Waals surface area contributed by atoms with Crippen LogP contribution in [0.2, 0.25) is 0 Å². The standard InChI is InChI=1S/C16H18O2/c1-2-3-6-9-18-16-11-14-8-5-4-7-13(14)10-15(16)12-17/h4-5,7-8,10-12H,2-3,6,9H2,1H3. The van der Waals surface area contributed by atoms with Gasteiger partial charge in [0.15, 0.2) is 6.29 Å². The van der Waals surface area contributed by atoms with Gasteiger partial charge in [-0.1, -0.05) is 44.0 Å². The molecule has 0 aromatic heterocycles. The van der Waals surface area contributed by atoms with E-state index in [0.29, 0.717) is 17.9 Å². The molecule has 0 heterocycles. The van der Waals surface area contributed by atoms with Crippen LogP contribution in [0.15, 0.2) is 36.4 Å². The van der Waals surface area contributed by atoms with Gasteiger partial charge in [-0.15, -0.1) is 0 Å². The van der Waals surface area contributed by atoms with E-state index in [9.17, 15) is 4.79 Å². The Kier molecular flexibility index (Phi) is 4.35. The number of carbonyl (C=O) groups excluding carboxylic acids is 1. The number of unbranched alkanes of at least 4 members (excludes halogenated alkanes) is 2. The largest absolute Gasteiger partial charge is 0.493 e. The first kappa shape index (κ1) is 12.6. The summed E-state index contributed by atoms with van der Waals surface area (Å²) in [6.07, 6.45) is 4.22. The minimum absolute atomic E-state index is 0.630. The molecule has 0 aliphatic carbocycles. The highest BCUT2D eigenvalue weighted by Gasteiger charge is 2.05. The minimum Gasteiger partial charge on any atom is -0.493 e. The number of aldehydes is 1. The van der Waals surface area contributed by atoms with Crippen LogP contribution in [-0.4, -0.2) is 12.9 Å². The van der Waals surface area contributed by atoms with E-state index in [1.165, 1.54) is 6.42 Å². The van der Waals surface area contributed by atoms with Crippen molar-refractivity contribution in [2.45, 2.75) is 26.2 Å². The Hall–Kier alpha value is -1.83. The van der Waals surface area contributed by atoms with Gasteiger partial charge in [0.25, 0.3) is 0 Å². The average molecular weight is 242 g/mol. The molecule has 0 aliphatic rings. The number of benzene rings is 2. The lowest BCUT2D eigenvalue weighted by atomic mass is 10.1. The lowest BCUT2D eigenvalue weighted by Crippen LogP contribution is -2.00. The second-order valence-corrected chi connectivity index (χ2v) is 4.41. The van der Waals surface area contributed by atoms with E-state index in [1.807, 2.05) is 36.4 Å². The van der Waals surface area contributed by atoms with E-state index >= 15 is 0 Å². The topological polar surface area (TPSA) is 26.3 Å². The van der Waals surface area contributed by atoms with Crippen molar-refractivity contribution in [2.75, 3.05) is 6.61 Å². The van der Waals surface area contributed by atoms with E-state index in [4.69, 9.17) is 4.74 Å². The zero-order valence-corrected chi connectivity index (χ0v) is 10.7. The van der Waals surface area contributed by atoms with Crippen LogP contribution in [0, 0.1) is 0 Å². The summed E-state index contributed by atoms with van der Waals surface area (Å²) >= 11 is 0. The fraction of sp³-hybridized carbons (Fsp3) is 0.312. The maximum absolute atomic E-state index is 11.1. The minimum atomic E-state index is 0.630. The molecule has 0 saturated carbocycles. The van der Waals surface area contributed by atoms with Crippen LogP contribution >= 0.6 is 0 Å². The predicted octanol–water partition coefficient (Wildman–Crippen LogP) is 4.22. The molecule has 2 heteroatoms. The summed E-state index contributed by atoms with van der Waals surface area (Å²) < 4.78 is 5.71. The zero-order valence-electron chi connectivity index (χ0n) is 10.7. The number of carbonyl (C=O) groups is 1. The molecule has 0 amide bonds.